The van der Waals surface area contributed by atoms with Crippen molar-refractivity contribution in [1.29, 1.82) is 0 Å². The van der Waals surface area contributed by atoms with Gasteiger partial charge >= 0.3 is 11.9 Å². The molecule has 0 spiro atoms. The zero-order valence-corrected chi connectivity index (χ0v) is 34.0. The van der Waals surface area contributed by atoms with Gasteiger partial charge in [-0.2, -0.15) is 0 Å². The van der Waals surface area contributed by atoms with Crippen molar-refractivity contribution < 1.29 is 24.2 Å². The van der Waals surface area contributed by atoms with E-state index in [0.29, 0.717) is 19.6 Å². The second-order valence-electron chi connectivity index (χ2n) is 15.2. The van der Waals surface area contributed by atoms with Gasteiger partial charge in [0.2, 0.25) is 0 Å². The molecule has 298 valence electrons. The first-order valence-electron chi connectivity index (χ1n) is 22.2. The van der Waals surface area contributed by atoms with Crippen LogP contribution in [0.2, 0.25) is 0 Å². The van der Waals surface area contributed by atoms with Crippen LogP contribution in [0, 0.1) is 5.92 Å². The van der Waals surface area contributed by atoms with Gasteiger partial charge < -0.3 is 19.5 Å². The molecule has 0 bridgehead atoms. The molecule has 0 saturated carbocycles. The van der Waals surface area contributed by atoms with Gasteiger partial charge in [0.25, 0.3) is 0 Å². The first-order valence-corrected chi connectivity index (χ1v) is 22.2. The van der Waals surface area contributed by atoms with Gasteiger partial charge in [-0.15, -0.1) is 0 Å². The van der Waals surface area contributed by atoms with Gasteiger partial charge in [0.1, 0.15) is 0 Å². The molecule has 6 heteroatoms. The Balaban J connectivity index is 3.94. The quantitative estimate of drug-likeness (QED) is 0.0503. The Bertz CT molecular complexity index is 686. The van der Waals surface area contributed by atoms with Crippen LogP contribution in [0.3, 0.4) is 0 Å². The number of hydrogen-bond acceptors (Lipinski definition) is 6. The molecular formula is C44H87NO5. The summed E-state index contributed by atoms with van der Waals surface area (Å²) >= 11 is 0. The lowest BCUT2D eigenvalue weighted by atomic mass is 9.94. The monoisotopic (exact) mass is 710 g/mol. The Morgan fingerprint density at radius 3 is 1.32 bits per heavy atom. The van der Waals surface area contributed by atoms with Crippen LogP contribution in [0.25, 0.3) is 0 Å². The standard InChI is InChI=1S/C44H87NO5/c1-4-7-10-13-16-17-18-22-28-35-43(47)49-40-32-25-30-37-45(38-39-46)36-29-23-19-24-31-41-50-44(48)42(33-26-20-14-11-8-5-2)34-27-21-15-12-9-6-3/h42,46H,4-41H2,1-3H3. The number of unbranched alkanes of at least 4 members (excludes halogenated alkanes) is 24. The third-order valence-corrected chi connectivity index (χ3v) is 10.3. The lowest BCUT2D eigenvalue weighted by Gasteiger charge is -2.21. The number of carbonyl (C=O) groups excluding carboxylic acids is 2. The van der Waals surface area contributed by atoms with Crippen LogP contribution in [0.5, 0.6) is 0 Å². The van der Waals surface area contributed by atoms with Crippen molar-refractivity contribution in [2.24, 2.45) is 5.92 Å². The molecule has 0 saturated heterocycles. The van der Waals surface area contributed by atoms with Gasteiger partial charge in [-0.3, -0.25) is 9.59 Å². The van der Waals surface area contributed by atoms with E-state index in [9.17, 15) is 14.7 Å². The minimum atomic E-state index is -0.0378. The van der Waals surface area contributed by atoms with Crippen LogP contribution < -0.4 is 0 Å². The van der Waals surface area contributed by atoms with Gasteiger partial charge in [0, 0.05) is 13.0 Å². The molecule has 0 aliphatic carbocycles. The highest BCUT2D eigenvalue weighted by Crippen LogP contribution is 2.21. The van der Waals surface area contributed by atoms with Gasteiger partial charge in [-0.25, -0.2) is 0 Å². The van der Waals surface area contributed by atoms with Crippen molar-refractivity contribution in [1.82, 2.24) is 4.90 Å². The first kappa shape index (κ1) is 48.9. The molecule has 50 heavy (non-hydrogen) atoms. The molecule has 1 N–H and O–H groups in total. The number of nitrogens with zero attached hydrogens (tertiary/aromatic N) is 1. The molecule has 0 heterocycles. The fourth-order valence-electron chi connectivity index (χ4n) is 6.91. The number of hydrogen-bond donors (Lipinski definition) is 1. The maximum Gasteiger partial charge on any atom is 0.308 e. The molecule has 0 aromatic carbocycles. The number of aliphatic hydroxyl groups is 1. The highest BCUT2D eigenvalue weighted by atomic mass is 16.5. The van der Waals surface area contributed by atoms with E-state index in [0.717, 1.165) is 103 Å². The highest BCUT2D eigenvalue weighted by Gasteiger charge is 2.19. The number of esters is 2. The van der Waals surface area contributed by atoms with Gasteiger partial charge in [0.15, 0.2) is 0 Å². The second kappa shape index (κ2) is 40.6. The summed E-state index contributed by atoms with van der Waals surface area (Å²) in [5.74, 6) is 0.109. The van der Waals surface area contributed by atoms with Crippen molar-refractivity contribution >= 4 is 11.9 Å². The molecule has 0 atom stereocenters. The summed E-state index contributed by atoms with van der Waals surface area (Å²) in [6, 6.07) is 0. The third kappa shape index (κ3) is 35.3. The first-order chi connectivity index (χ1) is 24.6. The zero-order chi connectivity index (χ0) is 36.6. The summed E-state index contributed by atoms with van der Waals surface area (Å²) in [6.45, 7) is 10.8. The zero-order valence-electron chi connectivity index (χ0n) is 34.0. The molecule has 0 amide bonds. The Hall–Kier alpha value is -1.14. The molecule has 0 unspecified atom stereocenters. The third-order valence-electron chi connectivity index (χ3n) is 10.3. The second-order valence-corrected chi connectivity index (χ2v) is 15.2. The topological polar surface area (TPSA) is 76.1 Å². The summed E-state index contributed by atoms with van der Waals surface area (Å²) in [4.78, 5) is 27.3. The van der Waals surface area contributed by atoms with E-state index in [1.807, 2.05) is 0 Å². The number of ether oxygens (including phenoxy) is 2. The summed E-state index contributed by atoms with van der Waals surface area (Å²) < 4.78 is 11.3. The molecule has 0 rings (SSSR count). The molecule has 6 nitrogen and oxygen atoms in total. The molecule has 0 radical (unpaired) electrons. The Morgan fingerprint density at radius 2 is 0.840 bits per heavy atom. The van der Waals surface area contributed by atoms with Crippen LogP contribution >= 0.6 is 0 Å². The average molecular weight is 710 g/mol. The van der Waals surface area contributed by atoms with Crippen LogP contribution in [0.4, 0.5) is 0 Å². The maximum absolute atomic E-state index is 12.9. The minimum Gasteiger partial charge on any atom is -0.466 e. The fourth-order valence-corrected chi connectivity index (χ4v) is 6.91. The Morgan fingerprint density at radius 1 is 0.460 bits per heavy atom. The van der Waals surface area contributed by atoms with E-state index in [2.05, 4.69) is 25.7 Å². The summed E-state index contributed by atoms with van der Waals surface area (Å²) in [6.07, 6.45) is 37.7. The van der Waals surface area contributed by atoms with E-state index in [-0.39, 0.29) is 24.5 Å². The van der Waals surface area contributed by atoms with Crippen LogP contribution in [-0.4, -0.2) is 61.4 Å². The molecule has 0 aromatic heterocycles. The molecule has 0 aliphatic rings. The fraction of sp³-hybridized carbons (Fsp3) is 0.955. The summed E-state index contributed by atoms with van der Waals surface area (Å²) in [5, 5.41) is 9.53. The van der Waals surface area contributed by atoms with E-state index in [1.54, 1.807) is 0 Å². The number of aliphatic hydroxyl groups excluding tert-OH is 1. The van der Waals surface area contributed by atoms with Crippen LogP contribution in [-0.2, 0) is 19.1 Å². The van der Waals surface area contributed by atoms with E-state index in [1.165, 1.54) is 116 Å². The molecule has 0 fully saturated rings. The highest BCUT2D eigenvalue weighted by molar-refractivity contribution is 5.72. The average Bonchev–Trinajstić information content (AvgIpc) is 3.11. The van der Waals surface area contributed by atoms with Crippen molar-refractivity contribution in [2.75, 3.05) is 39.5 Å². The smallest absolute Gasteiger partial charge is 0.308 e. The summed E-state index contributed by atoms with van der Waals surface area (Å²) in [5.41, 5.74) is 0. The SMILES string of the molecule is CCCCCCCCCCCC(=O)OCCCCCN(CCO)CCCCCCCOC(=O)C(CCCCCCCC)CCCCCCCC. The van der Waals surface area contributed by atoms with Crippen molar-refractivity contribution in [2.45, 2.75) is 226 Å². The number of carbonyl (C=O) groups is 2. The molecule has 0 aliphatic heterocycles. The Labute approximate surface area is 312 Å². The van der Waals surface area contributed by atoms with Gasteiger partial charge in [-0.1, -0.05) is 168 Å². The molecule has 0 aromatic rings. The lowest BCUT2D eigenvalue weighted by Crippen LogP contribution is -2.29. The van der Waals surface area contributed by atoms with E-state index in [4.69, 9.17) is 9.47 Å². The number of rotatable bonds is 41. The van der Waals surface area contributed by atoms with Crippen molar-refractivity contribution in [3.63, 3.8) is 0 Å². The normalized spacial score (nSPS) is 11.6. The maximum atomic E-state index is 12.9. The lowest BCUT2D eigenvalue weighted by molar-refractivity contribution is -0.149. The van der Waals surface area contributed by atoms with Gasteiger partial charge in [0.05, 0.1) is 25.7 Å². The molecular weight excluding hydrogens is 622 g/mol. The largest absolute Gasteiger partial charge is 0.466 e. The predicted molar refractivity (Wildman–Crippen MR) is 214 cm³/mol. The van der Waals surface area contributed by atoms with E-state index < -0.39 is 0 Å². The Kier molecular flexibility index (Phi) is 39.7. The minimum absolute atomic E-state index is 0.0378. The van der Waals surface area contributed by atoms with Crippen LogP contribution in [0.15, 0.2) is 0 Å². The van der Waals surface area contributed by atoms with Crippen molar-refractivity contribution in [3.8, 4) is 0 Å². The van der Waals surface area contributed by atoms with E-state index >= 15 is 0 Å². The van der Waals surface area contributed by atoms with Gasteiger partial charge in [-0.05, 0) is 64.5 Å². The van der Waals surface area contributed by atoms with Crippen molar-refractivity contribution in [3.05, 3.63) is 0 Å². The predicted octanol–water partition coefficient (Wildman–Crippen LogP) is 12.5. The summed E-state index contributed by atoms with van der Waals surface area (Å²) in [7, 11) is 0. The van der Waals surface area contributed by atoms with Crippen LogP contribution in [0.1, 0.15) is 226 Å².